The lowest BCUT2D eigenvalue weighted by molar-refractivity contribution is -0.137. The van der Waals surface area contributed by atoms with Gasteiger partial charge in [0.1, 0.15) is 0 Å². The first kappa shape index (κ1) is 7.03. The Morgan fingerprint density at radius 2 is 2.44 bits per heavy atom. The highest BCUT2D eigenvalue weighted by molar-refractivity contribution is 4.65. The minimum Gasteiger partial charge on any atom is -0.368 e. The molecule has 1 radical (unpaired) electrons. The van der Waals surface area contributed by atoms with Crippen LogP contribution in [-0.4, -0.2) is 18.0 Å². The zero-order valence-electron chi connectivity index (χ0n) is 5.55. The van der Waals surface area contributed by atoms with Gasteiger partial charge in [-0.3, -0.25) is 0 Å². The maximum Gasteiger partial charge on any atom is 0.154 e. The zero-order valence-corrected chi connectivity index (χ0v) is 5.55. The molecule has 2 atom stereocenters. The topological polar surface area (TPSA) is 29.5 Å². The SMILES string of the molecule is [CH2]CC1CCOC(O)C1. The molecule has 2 nitrogen and oxygen atoms in total. The molecule has 2 heteroatoms. The second kappa shape index (κ2) is 3.18. The Balaban J connectivity index is 2.23. The summed E-state index contributed by atoms with van der Waals surface area (Å²) in [5.41, 5.74) is 0. The molecule has 1 rings (SSSR count). The average molecular weight is 129 g/mol. The van der Waals surface area contributed by atoms with Crippen LogP contribution < -0.4 is 0 Å². The summed E-state index contributed by atoms with van der Waals surface area (Å²) < 4.78 is 4.94. The van der Waals surface area contributed by atoms with Crippen molar-refractivity contribution in [3.63, 3.8) is 0 Å². The molecule has 0 aromatic rings. The van der Waals surface area contributed by atoms with Crippen LogP contribution in [-0.2, 0) is 4.74 Å². The van der Waals surface area contributed by atoms with Gasteiger partial charge in [0.05, 0.1) is 0 Å². The minimum absolute atomic E-state index is 0.523. The monoisotopic (exact) mass is 129 g/mol. The standard InChI is InChI=1S/C7H13O2/c1-2-6-3-4-9-7(8)5-6/h6-8H,1-5H2. The molecule has 1 aliphatic heterocycles. The Kier molecular flexibility index (Phi) is 2.49. The van der Waals surface area contributed by atoms with Gasteiger partial charge in [-0.05, 0) is 12.3 Å². The molecule has 9 heavy (non-hydrogen) atoms. The Morgan fingerprint density at radius 1 is 1.67 bits per heavy atom. The van der Waals surface area contributed by atoms with E-state index in [9.17, 15) is 0 Å². The maximum absolute atomic E-state index is 8.96. The van der Waals surface area contributed by atoms with Gasteiger partial charge in [0.2, 0.25) is 0 Å². The van der Waals surface area contributed by atoms with Gasteiger partial charge < -0.3 is 9.84 Å². The summed E-state index contributed by atoms with van der Waals surface area (Å²) in [6.07, 6.45) is 2.22. The summed E-state index contributed by atoms with van der Waals surface area (Å²) >= 11 is 0. The summed E-state index contributed by atoms with van der Waals surface area (Å²) in [6, 6.07) is 0. The van der Waals surface area contributed by atoms with Crippen molar-refractivity contribution in [1.82, 2.24) is 0 Å². The number of ether oxygens (including phenoxy) is 1. The van der Waals surface area contributed by atoms with Crippen molar-refractivity contribution in [2.24, 2.45) is 5.92 Å². The van der Waals surface area contributed by atoms with Crippen molar-refractivity contribution in [2.45, 2.75) is 25.6 Å². The summed E-state index contributed by atoms with van der Waals surface area (Å²) in [5, 5.41) is 8.96. The van der Waals surface area contributed by atoms with E-state index in [0.29, 0.717) is 12.5 Å². The molecule has 0 amide bonds. The lowest BCUT2D eigenvalue weighted by Gasteiger charge is -2.24. The number of rotatable bonds is 1. The molecule has 0 aromatic heterocycles. The summed E-state index contributed by atoms with van der Waals surface area (Å²) in [5.74, 6) is 0.578. The van der Waals surface area contributed by atoms with Gasteiger partial charge in [0.25, 0.3) is 0 Å². The first-order chi connectivity index (χ1) is 4.33. The van der Waals surface area contributed by atoms with Crippen molar-refractivity contribution in [1.29, 1.82) is 0 Å². The Hall–Kier alpha value is -0.0800. The van der Waals surface area contributed by atoms with E-state index in [-0.39, 0.29) is 0 Å². The molecule has 0 saturated carbocycles. The fourth-order valence-electron chi connectivity index (χ4n) is 1.10. The van der Waals surface area contributed by atoms with Gasteiger partial charge in [0.15, 0.2) is 6.29 Å². The third-order valence-corrected chi connectivity index (χ3v) is 1.78. The number of aliphatic hydroxyl groups excluding tert-OH is 1. The van der Waals surface area contributed by atoms with Crippen LogP contribution in [0.4, 0.5) is 0 Å². The molecule has 2 unspecified atom stereocenters. The lowest BCUT2D eigenvalue weighted by Crippen LogP contribution is -2.24. The second-order valence-corrected chi connectivity index (χ2v) is 2.50. The third kappa shape index (κ3) is 1.95. The molecule has 0 bridgehead atoms. The van der Waals surface area contributed by atoms with Gasteiger partial charge in [-0.2, -0.15) is 0 Å². The highest BCUT2D eigenvalue weighted by Gasteiger charge is 2.18. The van der Waals surface area contributed by atoms with Crippen LogP contribution in [0.15, 0.2) is 0 Å². The first-order valence-electron chi connectivity index (χ1n) is 3.42. The predicted octanol–water partition coefficient (Wildman–Crippen LogP) is 0.956. The summed E-state index contributed by atoms with van der Waals surface area (Å²) in [7, 11) is 0. The van der Waals surface area contributed by atoms with E-state index in [1.54, 1.807) is 0 Å². The molecule has 1 saturated heterocycles. The van der Waals surface area contributed by atoms with Crippen LogP contribution in [0.1, 0.15) is 19.3 Å². The van der Waals surface area contributed by atoms with E-state index in [2.05, 4.69) is 6.92 Å². The minimum atomic E-state index is -0.523. The van der Waals surface area contributed by atoms with E-state index in [4.69, 9.17) is 9.84 Å². The molecular weight excluding hydrogens is 116 g/mol. The number of hydrogen-bond donors (Lipinski definition) is 1. The normalized spacial score (nSPS) is 36.7. The average Bonchev–Trinajstić information content (AvgIpc) is 1.88. The fraction of sp³-hybridized carbons (Fsp3) is 0.857. The van der Waals surface area contributed by atoms with Crippen molar-refractivity contribution < 1.29 is 9.84 Å². The van der Waals surface area contributed by atoms with E-state index >= 15 is 0 Å². The van der Waals surface area contributed by atoms with Crippen LogP contribution in [0.25, 0.3) is 0 Å². The van der Waals surface area contributed by atoms with E-state index < -0.39 is 6.29 Å². The van der Waals surface area contributed by atoms with Crippen molar-refractivity contribution >= 4 is 0 Å². The van der Waals surface area contributed by atoms with Crippen LogP contribution in [0, 0.1) is 12.8 Å². The molecule has 53 valence electrons. The highest BCUT2D eigenvalue weighted by atomic mass is 16.6. The maximum atomic E-state index is 8.96. The summed E-state index contributed by atoms with van der Waals surface area (Å²) in [4.78, 5) is 0. The molecule has 0 aromatic carbocycles. The molecule has 1 aliphatic rings. The largest absolute Gasteiger partial charge is 0.368 e. The van der Waals surface area contributed by atoms with Crippen LogP contribution in [0.2, 0.25) is 0 Å². The Morgan fingerprint density at radius 3 is 2.89 bits per heavy atom. The molecule has 0 aliphatic carbocycles. The second-order valence-electron chi connectivity index (χ2n) is 2.50. The van der Waals surface area contributed by atoms with Crippen molar-refractivity contribution in [2.75, 3.05) is 6.61 Å². The molecule has 1 heterocycles. The highest BCUT2D eigenvalue weighted by Crippen LogP contribution is 2.20. The quantitative estimate of drug-likeness (QED) is 0.571. The Bertz CT molecular complexity index is 83.0. The first-order valence-corrected chi connectivity index (χ1v) is 3.42. The molecule has 1 N–H and O–H groups in total. The molecular formula is C7H13O2. The van der Waals surface area contributed by atoms with E-state index in [1.165, 1.54) is 0 Å². The van der Waals surface area contributed by atoms with E-state index in [0.717, 1.165) is 19.3 Å². The summed E-state index contributed by atoms with van der Waals surface area (Å²) in [6.45, 7) is 4.47. The van der Waals surface area contributed by atoms with Gasteiger partial charge >= 0.3 is 0 Å². The van der Waals surface area contributed by atoms with Gasteiger partial charge in [0, 0.05) is 13.0 Å². The van der Waals surface area contributed by atoms with E-state index in [1.807, 2.05) is 0 Å². The third-order valence-electron chi connectivity index (χ3n) is 1.78. The van der Waals surface area contributed by atoms with Crippen LogP contribution >= 0.6 is 0 Å². The van der Waals surface area contributed by atoms with Gasteiger partial charge in [-0.25, -0.2) is 0 Å². The number of aliphatic hydroxyl groups is 1. The zero-order chi connectivity index (χ0) is 6.69. The van der Waals surface area contributed by atoms with Gasteiger partial charge in [-0.1, -0.05) is 13.3 Å². The van der Waals surface area contributed by atoms with Crippen molar-refractivity contribution in [3.05, 3.63) is 6.92 Å². The van der Waals surface area contributed by atoms with Crippen molar-refractivity contribution in [3.8, 4) is 0 Å². The Labute approximate surface area is 55.8 Å². The smallest absolute Gasteiger partial charge is 0.154 e. The predicted molar refractivity (Wildman–Crippen MR) is 34.7 cm³/mol. The molecule has 1 fully saturated rings. The van der Waals surface area contributed by atoms with Gasteiger partial charge in [-0.15, -0.1) is 0 Å². The fourth-order valence-corrected chi connectivity index (χ4v) is 1.10. The van der Waals surface area contributed by atoms with Crippen LogP contribution in [0.3, 0.4) is 0 Å². The number of hydrogen-bond acceptors (Lipinski definition) is 2. The lowest BCUT2D eigenvalue weighted by atomic mass is 9.97. The molecule has 0 spiro atoms. The van der Waals surface area contributed by atoms with Crippen LogP contribution in [0.5, 0.6) is 0 Å².